The van der Waals surface area contributed by atoms with Crippen LogP contribution in [0.4, 0.5) is 18.0 Å². The number of ether oxygens (including phenoxy) is 1. The number of carbonyl (C=O) groups excluding carboxylic acids is 1. The third-order valence-corrected chi connectivity index (χ3v) is 4.23. The number of amides is 2. The molecule has 0 aromatic heterocycles. The van der Waals surface area contributed by atoms with Crippen LogP contribution in [0.25, 0.3) is 0 Å². The second kappa shape index (κ2) is 5.70. The maximum absolute atomic E-state index is 11.9. The van der Waals surface area contributed by atoms with E-state index in [0.717, 1.165) is 12.8 Å². The minimum absolute atomic E-state index is 0.0767. The SMILES string of the molecule is O=C(NCCOC(F)(F)F)N1C[C@@H]2CCC[C@@]2(C(=O)O)C1. The van der Waals surface area contributed by atoms with Crippen molar-refractivity contribution in [2.45, 2.75) is 25.6 Å². The van der Waals surface area contributed by atoms with Crippen molar-refractivity contribution in [2.75, 3.05) is 26.2 Å². The predicted molar refractivity (Wildman–Crippen MR) is 64.4 cm³/mol. The van der Waals surface area contributed by atoms with Crippen LogP contribution in [0.3, 0.4) is 0 Å². The molecule has 2 aliphatic rings. The molecule has 0 aromatic rings. The Balaban J connectivity index is 1.81. The van der Waals surface area contributed by atoms with E-state index in [4.69, 9.17) is 0 Å². The second-order valence-corrected chi connectivity index (χ2v) is 5.46. The molecule has 2 N–H and O–H groups in total. The molecule has 1 heterocycles. The number of nitrogens with zero attached hydrogens (tertiary/aromatic N) is 1. The van der Waals surface area contributed by atoms with Crippen LogP contribution in [0, 0.1) is 11.3 Å². The molecular weight excluding hydrogens is 293 g/mol. The van der Waals surface area contributed by atoms with E-state index in [1.165, 1.54) is 4.90 Å². The molecule has 0 radical (unpaired) electrons. The fourth-order valence-electron chi connectivity index (χ4n) is 3.23. The molecule has 1 saturated carbocycles. The lowest BCUT2D eigenvalue weighted by atomic mass is 9.81. The van der Waals surface area contributed by atoms with E-state index in [0.29, 0.717) is 13.0 Å². The Bertz CT molecular complexity index is 429. The quantitative estimate of drug-likeness (QED) is 0.770. The highest BCUT2D eigenvalue weighted by Crippen LogP contribution is 2.48. The van der Waals surface area contributed by atoms with E-state index in [1.54, 1.807) is 0 Å². The zero-order valence-corrected chi connectivity index (χ0v) is 11.3. The number of halogens is 3. The summed E-state index contributed by atoms with van der Waals surface area (Å²) in [5, 5.41) is 11.7. The summed E-state index contributed by atoms with van der Waals surface area (Å²) in [6.07, 6.45) is -2.60. The summed E-state index contributed by atoms with van der Waals surface area (Å²) in [5.74, 6) is -0.979. The highest BCUT2D eigenvalue weighted by atomic mass is 19.4. The van der Waals surface area contributed by atoms with Gasteiger partial charge in [-0.1, -0.05) is 6.42 Å². The van der Waals surface area contributed by atoms with Crippen molar-refractivity contribution in [1.82, 2.24) is 10.2 Å². The van der Waals surface area contributed by atoms with Crippen molar-refractivity contribution in [3.05, 3.63) is 0 Å². The van der Waals surface area contributed by atoms with E-state index in [-0.39, 0.29) is 19.0 Å². The number of hydrogen-bond donors (Lipinski definition) is 2. The number of rotatable bonds is 4. The molecule has 0 aromatic carbocycles. The lowest BCUT2D eigenvalue weighted by Gasteiger charge is -2.23. The first-order chi connectivity index (χ1) is 9.74. The molecule has 1 saturated heterocycles. The van der Waals surface area contributed by atoms with Crippen LogP contribution in [0.5, 0.6) is 0 Å². The van der Waals surface area contributed by atoms with Crippen LogP contribution >= 0.6 is 0 Å². The molecule has 2 atom stereocenters. The second-order valence-electron chi connectivity index (χ2n) is 5.46. The molecule has 1 aliphatic heterocycles. The van der Waals surface area contributed by atoms with Gasteiger partial charge in [0.15, 0.2) is 0 Å². The largest absolute Gasteiger partial charge is 0.522 e. The van der Waals surface area contributed by atoms with Crippen LogP contribution < -0.4 is 5.32 Å². The van der Waals surface area contributed by atoms with Gasteiger partial charge in [0.05, 0.1) is 12.0 Å². The summed E-state index contributed by atoms with van der Waals surface area (Å²) in [7, 11) is 0. The van der Waals surface area contributed by atoms with E-state index >= 15 is 0 Å². The summed E-state index contributed by atoms with van der Waals surface area (Å²) in [6.45, 7) is -0.507. The van der Waals surface area contributed by atoms with Crippen molar-refractivity contribution in [3.63, 3.8) is 0 Å². The van der Waals surface area contributed by atoms with Gasteiger partial charge in [0.25, 0.3) is 0 Å². The summed E-state index contributed by atoms with van der Waals surface area (Å²) in [5.41, 5.74) is -0.889. The number of carboxylic acid groups (broad SMARTS) is 1. The van der Waals surface area contributed by atoms with Crippen molar-refractivity contribution >= 4 is 12.0 Å². The van der Waals surface area contributed by atoms with Crippen molar-refractivity contribution in [2.24, 2.45) is 11.3 Å². The molecule has 2 fully saturated rings. The lowest BCUT2D eigenvalue weighted by molar-refractivity contribution is -0.323. The highest BCUT2D eigenvalue weighted by molar-refractivity contribution is 5.80. The van der Waals surface area contributed by atoms with Crippen LogP contribution in [0.1, 0.15) is 19.3 Å². The number of carbonyl (C=O) groups is 2. The number of alkyl halides is 3. The summed E-state index contributed by atoms with van der Waals surface area (Å²) >= 11 is 0. The number of fused-ring (bicyclic) bond motifs is 1. The Kier molecular flexibility index (Phi) is 4.31. The Morgan fingerprint density at radius 3 is 2.71 bits per heavy atom. The third-order valence-electron chi connectivity index (χ3n) is 4.23. The Morgan fingerprint density at radius 1 is 1.43 bits per heavy atom. The first-order valence-electron chi connectivity index (χ1n) is 6.71. The molecule has 6 nitrogen and oxygen atoms in total. The number of likely N-dealkylation sites (tertiary alicyclic amines) is 1. The van der Waals surface area contributed by atoms with E-state index in [1.807, 2.05) is 0 Å². The first-order valence-corrected chi connectivity index (χ1v) is 6.71. The predicted octanol–water partition coefficient (Wildman–Crippen LogP) is 1.42. The molecule has 2 amide bonds. The number of urea groups is 1. The highest BCUT2D eigenvalue weighted by Gasteiger charge is 2.55. The topological polar surface area (TPSA) is 78.9 Å². The normalized spacial score (nSPS) is 28.5. The fourth-order valence-corrected chi connectivity index (χ4v) is 3.23. The first kappa shape index (κ1) is 15.9. The van der Waals surface area contributed by atoms with E-state index in [2.05, 4.69) is 10.1 Å². The molecular formula is C12H17F3N2O4. The van der Waals surface area contributed by atoms with Gasteiger partial charge in [-0.25, -0.2) is 4.79 Å². The van der Waals surface area contributed by atoms with Crippen LogP contribution in [-0.2, 0) is 9.53 Å². The van der Waals surface area contributed by atoms with Gasteiger partial charge in [-0.3, -0.25) is 9.53 Å². The molecule has 120 valence electrons. The molecule has 2 rings (SSSR count). The van der Waals surface area contributed by atoms with E-state index in [9.17, 15) is 27.9 Å². The summed E-state index contributed by atoms with van der Waals surface area (Å²) < 4.78 is 38.8. The number of hydrogen-bond acceptors (Lipinski definition) is 3. The lowest BCUT2D eigenvalue weighted by Crippen LogP contribution is -2.42. The zero-order chi connectivity index (χ0) is 15.7. The standard InChI is InChI=1S/C12H17F3N2O4/c13-12(14,15)21-5-4-16-10(20)17-6-8-2-1-3-11(8,7-17)9(18)19/h8H,1-7H2,(H,16,20)(H,18,19)/t8-,11+/m0/s1. The average molecular weight is 310 g/mol. The average Bonchev–Trinajstić information content (AvgIpc) is 2.90. The van der Waals surface area contributed by atoms with E-state index < -0.39 is 30.4 Å². The van der Waals surface area contributed by atoms with Crippen LogP contribution in [0.2, 0.25) is 0 Å². The smallest absolute Gasteiger partial charge is 0.481 e. The molecule has 1 aliphatic carbocycles. The summed E-state index contributed by atoms with van der Waals surface area (Å²) in [4.78, 5) is 24.7. The minimum atomic E-state index is -4.72. The zero-order valence-electron chi connectivity index (χ0n) is 11.3. The Morgan fingerprint density at radius 2 is 2.14 bits per heavy atom. The molecule has 9 heteroatoms. The van der Waals surface area contributed by atoms with Crippen LogP contribution in [0.15, 0.2) is 0 Å². The van der Waals surface area contributed by atoms with Crippen molar-refractivity contribution in [3.8, 4) is 0 Å². The Labute approximate surface area is 119 Å². The number of nitrogens with one attached hydrogen (secondary N) is 1. The molecule has 0 spiro atoms. The number of aliphatic carboxylic acids is 1. The Hall–Kier alpha value is -1.51. The van der Waals surface area contributed by atoms with Crippen LogP contribution in [-0.4, -0.2) is 54.6 Å². The van der Waals surface area contributed by atoms with Gasteiger partial charge in [0.2, 0.25) is 0 Å². The maximum atomic E-state index is 11.9. The van der Waals surface area contributed by atoms with Gasteiger partial charge in [0, 0.05) is 19.6 Å². The molecule has 0 bridgehead atoms. The van der Waals surface area contributed by atoms with Gasteiger partial charge >= 0.3 is 18.4 Å². The third kappa shape index (κ3) is 3.39. The maximum Gasteiger partial charge on any atom is 0.522 e. The minimum Gasteiger partial charge on any atom is -0.481 e. The van der Waals surface area contributed by atoms with Crippen molar-refractivity contribution < 1.29 is 32.6 Å². The summed E-state index contributed by atoms with van der Waals surface area (Å²) in [6, 6.07) is -0.546. The van der Waals surface area contributed by atoms with Crippen molar-refractivity contribution in [1.29, 1.82) is 0 Å². The number of carboxylic acids is 1. The van der Waals surface area contributed by atoms with Gasteiger partial charge in [0.1, 0.15) is 0 Å². The van der Waals surface area contributed by atoms with Gasteiger partial charge in [-0.2, -0.15) is 0 Å². The monoisotopic (exact) mass is 310 g/mol. The van der Waals surface area contributed by atoms with Gasteiger partial charge in [-0.05, 0) is 18.8 Å². The fraction of sp³-hybridized carbons (Fsp3) is 0.833. The van der Waals surface area contributed by atoms with Gasteiger partial charge in [-0.15, -0.1) is 13.2 Å². The molecule has 0 unspecified atom stereocenters. The van der Waals surface area contributed by atoms with Gasteiger partial charge < -0.3 is 15.3 Å². The molecule has 21 heavy (non-hydrogen) atoms.